The monoisotopic (exact) mass is 535 g/mol. The molecule has 3 heterocycles. The van der Waals surface area contributed by atoms with Crippen LogP contribution >= 0.6 is 30.3 Å². The van der Waals surface area contributed by atoms with Crippen LogP contribution in [0.3, 0.4) is 0 Å². The fraction of sp³-hybridized carbons (Fsp3) is 0.412. The zero-order chi connectivity index (χ0) is 20.5. The number of hydrogen-bond donors (Lipinski definition) is 2. The first-order valence-electron chi connectivity index (χ1n) is 8.80. The highest BCUT2D eigenvalue weighted by atomic mass is 127. The summed E-state index contributed by atoms with van der Waals surface area (Å²) in [5, 5.41) is 11.1. The highest BCUT2D eigenvalue weighted by molar-refractivity contribution is 14.2. The number of hydrogen-bond acceptors (Lipinski definition) is 6. The Hall–Kier alpha value is -1.15. The molecule has 0 saturated heterocycles. The average Bonchev–Trinajstić information content (AvgIpc) is 3.22. The molecular weight excluding hydrogens is 513 g/mol. The van der Waals surface area contributed by atoms with Crippen LogP contribution in [0.25, 0.3) is 27.8 Å². The summed E-state index contributed by atoms with van der Waals surface area (Å²) in [6, 6.07) is 1.96. The summed E-state index contributed by atoms with van der Waals surface area (Å²) in [7, 11) is -1.77. The highest BCUT2D eigenvalue weighted by Crippen LogP contribution is 2.32. The van der Waals surface area contributed by atoms with Gasteiger partial charge in [0, 0.05) is 60.6 Å². The van der Waals surface area contributed by atoms with E-state index < -0.39 is 16.1 Å². The van der Waals surface area contributed by atoms with Crippen LogP contribution in [0.15, 0.2) is 25.0 Å². The lowest BCUT2D eigenvalue weighted by molar-refractivity contribution is 0.188. The molecule has 0 bridgehead atoms. The molecular formula is C17H22IN5O3S2. The first-order chi connectivity index (χ1) is 13.3. The quantitative estimate of drug-likeness (QED) is 0.407. The van der Waals surface area contributed by atoms with Crippen molar-refractivity contribution in [1.82, 2.24) is 23.2 Å². The van der Waals surface area contributed by atoms with Gasteiger partial charge in [-0.25, -0.2) is 23.1 Å². The first kappa shape index (κ1) is 21.6. The molecule has 8 nitrogen and oxygen atoms in total. The van der Waals surface area contributed by atoms with E-state index in [0.717, 1.165) is 16.6 Å². The van der Waals surface area contributed by atoms with Crippen LogP contribution in [0.5, 0.6) is 0 Å². The average molecular weight is 535 g/mol. The number of aromatic nitrogens is 4. The molecule has 3 rings (SSSR count). The molecule has 0 aromatic carbocycles. The van der Waals surface area contributed by atoms with Gasteiger partial charge in [0.1, 0.15) is 17.4 Å². The van der Waals surface area contributed by atoms with Crippen molar-refractivity contribution in [3.63, 3.8) is 0 Å². The van der Waals surface area contributed by atoms with Crippen molar-refractivity contribution in [3.05, 3.63) is 30.9 Å². The molecule has 3 aromatic heterocycles. The van der Waals surface area contributed by atoms with Gasteiger partial charge >= 0.3 is 0 Å². The van der Waals surface area contributed by atoms with Crippen LogP contribution < -0.4 is 4.72 Å². The highest BCUT2D eigenvalue weighted by Gasteiger charge is 2.21. The first-order valence-corrected chi connectivity index (χ1v) is 13.8. The summed E-state index contributed by atoms with van der Waals surface area (Å²) >= 11 is 2.19. The molecule has 0 aliphatic carbocycles. The second-order valence-electron chi connectivity index (χ2n) is 6.45. The molecule has 0 saturated carbocycles. The summed E-state index contributed by atoms with van der Waals surface area (Å²) in [5.74, 6) is 0.556. The van der Waals surface area contributed by atoms with Crippen molar-refractivity contribution >= 4 is 68.1 Å². The maximum atomic E-state index is 11.9. The lowest BCUT2D eigenvalue weighted by Gasteiger charge is -2.14. The van der Waals surface area contributed by atoms with E-state index in [1.54, 1.807) is 13.1 Å². The van der Waals surface area contributed by atoms with E-state index >= 15 is 0 Å². The molecule has 11 heteroatoms. The predicted molar refractivity (Wildman–Crippen MR) is 123 cm³/mol. The van der Waals surface area contributed by atoms with E-state index in [9.17, 15) is 13.5 Å². The molecule has 152 valence electrons. The van der Waals surface area contributed by atoms with Gasteiger partial charge in [-0.1, -0.05) is 13.5 Å². The molecule has 0 unspecified atom stereocenters. The Bertz CT molecular complexity index is 1120. The Morgan fingerprint density at radius 3 is 2.89 bits per heavy atom. The van der Waals surface area contributed by atoms with Crippen molar-refractivity contribution in [3.8, 4) is 0 Å². The number of pyridine rings is 1. The number of imidazole rings is 1. The molecule has 0 aliphatic rings. The number of halogens is 1. The molecule has 0 radical (unpaired) electrons. The van der Waals surface area contributed by atoms with Gasteiger partial charge < -0.3 is 5.11 Å². The minimum absolute atomic E-state index is 0.0974. The Kier molecular flexibility index (Phi) is 6.69. The van der Waals surface area contributed by atoms with Crippen LogP contribution in [0, 0.1) is 0 Å². The van der Waals surface area contributed by atoms with Gasteiger partial charge in [-0.15, -0.1) is 0 Å². The second kappa shape index (κ2) is 8.69. The van der Waals surface area contributed by atoms with Crippen molar-refractivity contribution in [2.45, 2.75) is 32.8 Å². The Balaban J connectivity index is 2.01. The van der Waals surface area contributed by atoms with Crippen LogP contribution in [0.2, 0.25) is 0 Å². The van der Waals surface area contributed by atoms with E-state index in [-0.39, 0.29) is 12.3 Å². The molecule has 0 aliphatic heterocycles. The number of fused-ring (bicyclic) bond motifs is 3. The lowest BCUT2D eigenvalue weighted by Crippen LogP contribution is -2.27. The Morgan fingerprint density at radius 2 is 2.25 bits per heavy atom. The zero-order valence-corrected chi connectivity index (χ0v) is 19.4. The third-order valence-corrected chi connectivity index (χ3v) is 7.60. The van der Waals surface area contributed by atoms with Gasteiger partial charge in [0.2, 0.25) is 10.0 Å². The van der Waals surface area contributed by atoms with Gasteiger partial charge in [-0.3, -0.25) is 8.54 Å². The number of nitrogens with zero attached hydrogens (tertiary/aromatic N) is 4. The normalized spacial score (nSPS) is 13.4. The van der Waals surface area contributed by atoms with Crippen molar-refractivity contribution in [2.24, 2.45) is 0 Å². The van der Waals surface area contributed by atoms with E-state index in [2.05, 4.69) is 42.5 Å². The van der Waals surface area contributed by atoms with Gasteiger partial charge in [0.25, 0.3) is 0 Å². The molecule has 0 spiro atoms. The minimum atomic E-state index is -3.28. The zero-order valence-electron chi connectivity index (χ0n) is 15.6. The molecule has 28 heavy (non-hydrogen) atoms. The number of aliphatic hydroxyl groups is 1. The van der Waals surface area contributed by atoms with Crippen LogP contribution in [0.1, 0.15) is 38.6 Å². The maximum Gasteiger partial charge on any atom is 0.211 e. The number of aliphatic hydroxyl groups excluding tert-OH is 1. The topological polar surface area (TPSA) is 102 Å². The Morgan fingerprint density at radius 1 is 1.50 bits per heavy atom. The predicted octanol–water partition coefficient (Wildman–Crippen LogP) is 3.48. The van der Waals surface area contributed by atoms with Crippen molar-refractivity contribution in [2.75, 3.05) is 12.3 Å². The second-order valence-corrected chi connectivity index (χ2v) is 10.1. The SMILES string of the molecule is C=C(CCNS(=O)(=O)CCC)n1c([C@@H](C)O)nc2cnc3c(ccn3SI)c21. The van der Waals surface area contributed by atoms with Gasteiger partial charge in [-0.05, 0) is 19.4 Å². The standard InChI is InChI=1S/C17H22IN5O3S2/c1-4-9-28(25,26)20-7-5-11(2)23-15-13-6-8-22(27-18)17(13)19-10-14(15)21-16(23)12(3)24/h6,8,10,12,20,24H,2,4-5,7,9H2,1,3H3/t12-/m1/s1. The number of sulfonamides is 1. The van der Waals surface area contributed by atoms with Gasteiger partial charge in [0.15, 0.2) is 5.65 Å². The lowest BCUT2D eigenvalue weighted by atomic mass is 10.2. The van der Waals surface area contributed by atoms with Crippen molar-refractivity contribution in [1.29, 1.82) is 0 Å². The van der Waals surface area contributed by atoms with Crippen molar-refractivity contribution < 1.29 is 13.5 Å². The van der Waals surface area contributed by atoms with E-state index in [1.165, 1.54) is 9.12 Å². The largest absolute Gasteiger partial charge is 0.385 e. The van der Waals surface area contributed by atoms with E-state index in [1.807, 2.05) is 27.7 Å². The minimum Gasteiger partial charge on any atom is -0.385 e. The van der Waals surface area contributed by atoms with Crippen LogP contribution in [-0.4, -0.2) is 44.3 Å². The van der Waals surface area contributed by atoms with Gasteiger partial charge in [-0.2, -0.15) is 0 Å². The molecule has 0 amide bonds. The fourth-order valence-electron chi connectivity index (χ4n) is 3.10. The smallest absolute Gasteiger partial charge is 0.211 e. The summed E-state index contributed by atoms with van der Waals surface area (Å²) < 4.78 is 30.1. The van der Waals surface area contributed by atoms with Gasteiger partial charge in [0.05, 0.1) is 17.5 Å². The summed E-state index contributed by atoms with van der Waals surface area (Å²) in [4.78, 5) is 9.02. The molecule has 3 aromatic rings. The summed E-state index contributed by atoms with van der Waals surface area (Å²) in [5.41, 5.74) is 2.92. The van der Waals surface area contributed by atoms with Crippen LogP contribution in [0.4, 0.5) is 0 Å². The van der Waals surface area contributed by atoms with E-state index in [0.29, 0.717) is 29.9 Å². The molecule has 2 N–H and O–H groups in total. The van der Waals surface area contributed by atoms with Crippen LogP contribution in [-0.2, 0) is 10.0 Å². The number of nitrogens with one attached hydrogen (secondary N) is 1. The Labute approximate surface area is 180 Å². The fourth-order valence-corrected chi connectivity index (χ4v) is 5.47. The third-order valence-electron chi connectivity index (χ3n) is 4.29. The molecule has 0 fully saturated rings. The number of rotatable bonds is 9. The third kappa shape index (κ3) is 4.22. The maximum absolute atomic E-state index is 11.9. The molecule has 1 atom stereocenters. The summed E-state index contributed by atoms with van der Waals surface area (Å²) in [6.07, 6.45) is 3.75. The summed E-state index contributed by atoms with van der Waals surface area (Å²) in [6.45, 7) is 7.84. The van der Waals surface area contributed by atoms with E-state index in [4.69, 9.17) is 0 Å².